The van der Waals surface area contributed by atoms with Crippen LogP contribution in [-0.2, 0) is 11.3 Å². The highest BCUT2D eigenvalue weighted by atomic mass is 19.1. The van der Waals surface area contributed by atoms with Crippen molar-refractivity contribution in [1.82, 2.24) is 0 Å². The van der Waals surface area contributed by atoms with Gasteiger partial charge in [-0.2, -0.15) is 0 Å². The molecule has 0 radical (unpaired) electrons. The summed E-state index contributed by atoms with van der Waals surface area (Å²) >= 11 is 0. The summed E-state index contributed by atoms with van der Waals surface area (Å²) in [7, 11) is 0. The lowest BCUT2D eigenvalue weighted by atomic mass is 10.0. The molecule has 3 rings (SSSR count). The van der Waals surface area contributed by atoms with E-state index in [1.807, 2.05) is 31.2 Å². The van der Waals surface area contributed by atoms with Crippen molar-refractivity contribution >= 4 is 11.8 Å². The van der Waals surface area contributed by atoms with Crippen LogP contribution in [0.1, 0.15) is 18.9 Å². The first-order valence-electron chi connectivity index (χ1n) is 7.69. The number of amides is 1. The molecule has 1 saturated heterocycles. The maximum Gasteiger partial charge on any atom is 0.414 e. The summed E-state index contributed by atoms with van der Waals surface area (Å²) in [6.07, 6.45) is 0.196. The van der Waals surface area contributed by atoms with Crippen LogP contribution in [0.3, 0.4) is 0 Å². The molecule has 120 valence electrons. The number of halogens is 1. The summed E-state index contributed by atoms with van der Waals surface area (Å²) in [6.45, 7) is 2.87. The molecule has 2 aromatic carbocycles. The average Bonchev–Trinajstić information content (AvgIpc) is 2.96. The monoisotopic (exact) mass is 314 g/mol. The van der Waals surface area contributed by atoms with Gasteiger partial charge in [-0.3, -0.25) is 4.90 Å². The van der Waals surface area contributed by atoms with Gasteiger partial charge in [-0.05, 0) is 35.7 Å². The SMILES string of the molecule is CC[C@H]1CN(c2ccc(-c3ccc(CN)cc3)c(F)c2)C(=O)O1. The molecule has 1 aliphatic heterocycles. The first kappa shape index (κ1) is 15.5. The highest BCUT2D eigenvalue weighted by molar-refractivity contribution is 5.90. The third-order valence-corrected chi connectivity index (χ3v) is 4.09. The van der Waals surface area contributed by atoms with Crippen LogP contribution in [0.4, 0.5) is 14.9 Å². The Morgan fingerprint density at radius 3 is 2.57 bits per heavy atom. The molecular weight excluding hydrogens is 295 g/mol. The minimum Gasteiger partial charge on any atom is -0.444 e. The molecule has 2 aromatic rings. The van der Waals surface area contributed by atoms with Crippen LogP contribution in [0.25, 0.3) is 11.1 Å². The van der Waals surface area contributed by atoms with Crippen LogP contribution in [0.15, 0.2) is 42.5 Å². The Kier molecular flexibility index (Phi) is 4.30. The molecule has 23 heavy (non-hydrogen) atoms. The first-order valence-corrected chi connectivity index (χ1v) is 7.69. The predicted octanol–water partition coefficient (Wildman–Crippen LogP) is 3.69. The van der Waals surface area contributed by atoms with Crippen molar-refractivity contribution in [1.29, 1.82) is 0 Å². The molecule has 0 saturated carbocycles. The number of nitrogens with two attached hydrogens (primary N) is 1. The van der Waals surface area contributed by atoms with Gasteiger partial charge in [0.25, 0.3) is 0 Å². The number of anilines is 1. The van der Waals surface area contributed by atoms with E-state index >= 15 is 0 Å². The van der Waals surface area contributed by atoms with E-state index in [1.54, 1.807) is 12.1 Å². The largest absolute Gasteiger partial charge is 0.444 e. The van der Waals surface area contributed by atoms with E-state index in [4.69, 9.17) is 10.5 Å². The van der Waals surface area contributed by atoms with Gasteiger partial charge in [0.2, 0.25) is 0 Å². The number of hydrogen-bond acceptors (Lipinski definition) is 3. The van der Waals surface area contributed by atoms with Crippen LogP contribution in [-0.4, -0.2) is 18.7 Å². The number of carbonyl (C=O) groups is 1. The molecule has 2 N–H and O–H groups in total. The van der Waals surface area contributed by atoms with Crippen LogP contribution < -0.4 is 10.6 Å². The molecule has 0 aliphatic carbocycles. The second-order valence-corrected chi connectivity index (χ2v) is 5.59. The third kappa shape index (κ3) is 3.05. The minimum absolute atomic E-state index is 0.131. The number of carbonyl (C=O) groups excluding carboxylic acids is 1. The van der Waals surface area contributed by atoms with Crippen molar-refractivity contribution < 1.29 is 13.9 Å². The Labute approximate surface area is 134 Å². The van der Waals surface area contributed by atoms with Gasteiger partial charge < -0.3 is 10.5 Å². The lowest BCUT2D eigenvalue weighted by molar-refractivity contribution is 0.139. The van der Waals surface area contributed by atoms with E-state index in [2.05, 4.69) is 0 Å². The Morgan fingerprint density at radius 1 is 1.26 bits per heavy atom. The van der Waals surface area contributed by atoms with Crippen LogP contribution in [0.5, 0.6) is 0 Å². The molecular formula is C18H19FN2O2. The van der Waals surface area contributed by atoms with Gasteiger partial charge in [-0.15, -0.1) is 0 Å². The molecule has 0 bridgehead atoms. The number of benzene rings is 2. The summed E-state index contributed by atoms with van der Waals surface area (Å²) in [5.74, 6) is -0.365. The Hall–Kier alpha value is -2.40. The number of ether oxygens (including phenoxy) is 1. The molecule has 5 heteroatoms. The fraction of sp³-hybridized carbons (Fsp3) is 0.278. The van der Waals surface area contributed by atoms with Crippen molar-refractivity contribution in [2.24, 2.45) is 5.73 Å². The third-order valence-electron chi connectivity index (χ3n) is 4.09. The normalized spacial score (nSPS) is 17.4. The number of rotatable bonds is 4. The molecule has 1 aliphatic rings. The number of hydrogen-bond donors (Lipinski definition) is 1. The van der Waals surface area contributed by atoms with Gasteiger partial charge in [0.05, 0.1) is 12.2 Å². The van der Waals surface area contributed by atoms with Crippen molar-refractivity contribution in [3.63, 3.8) is 0 Å². The van der Waals surface area contributed by atoms with Gasteiger partial charge in [0.1, 0.15) is 11.9 Å². The second-order valence-electron chi connectivity index (χ2n) is 5.59. The predicted molar refractivity (Wildman–Crippen MR) is 87.6 cm³/mol. The molecule has 1 heterocycles. The van der Waals surface area contributed by atoms with E-state index in [1.165, 1.54) is 11.0 Å². The zero-order valence-electron chi connectivity index (χ0n) is 13.0. The minimum atomic E-state index is -0.420. The van der Waals surface area contributed by atoms with E-state index in [-0.39, 0.29) is 11.9 Å². The average molecular weight is 314 g/mol. The first-order chi connectivity index (χ1) is 11.1. The Bertz CT molecular complexity index is 715. The van der Waals surface area contributed by atoms with Gasteiger partial charge in [-0.1, -0.05) is 31.2 Å². The summed E-state index contributed by atoms with van der Waals surface area (Å²) in [4.78, 5) is 13.3. The van der Waals surface area contributed by atoms with Crippen LogP contribution >= 0.6 is 0 Å². The second kappa shape index (κ2) is 6.38. The topological polar surface area (TPSA) is 55.6 Å². The summed E-state index contributed by atoms with van der Waals surface area (Å²) in [5.41, 5.74) is 8.36. The molecule has 4 nitrogen and oxygen atoms in total. The molecule has 1 atom stereocenters. The van der Waals surface area contributed by atoms with E-state index < -0.39 is 6.09 Å². The van der Waals surface area contributed by atoms with Crippen molar-refractivity contribution in [3.8, 4) is 11.1 Å². The van der Waals surface area contributed by atoms with Gasteiger partial charge >= 0.3 is 6.09 Å². The quantitative estimate of drug-likeness (QED) is 0.936. The smallest absolute Gasteiger partial charge is 0.414 e. The Balaban J connectivity index is 1.87. The van der Waals surface area contributed by atoms with Gasteiger partial charge in [-0.25, -0.2) is 9.18 Å². The number of cyclic esters (lactones) is 1. The Morgan fingerprint density at radius 2 is 2.00 bits per heavy atom. The standard InChI is InChI=1S/C18H19FN2O2/c1-2-15-11-21(18(22)23-15)14-7-8-16(17(19)9-14)13-5-3-12(10-20)4-6-13/h3-9,15H,2,10-11,20H2,1H3/t15-/m0/s1. The van der Waals surface area contributed by atoms with E-state index in [9.17, 15) is 9.18 Å². The lowest BCUT2D eigenvalue weighted by Gasteiger charge is -2.14. The van der Waals surface area contributed by atoms with Crippen molar-refractivity contribution in [3.05, 3.63) is 53.8 Å². The number of nitrogens with zero attached hydrogens (tertiary/aromatic N) is 1. The molecule has 0 unspecified atom stereocenters. The summed E-state index contributed by atoms with van der Waals surface area (Å²) in [5, 5.41) is 0. The van der Waals surface area contributed by atoms with Gasteiger partial charge in [0.15, 0.2) is 0 Å². The molecule has 0 aromatic heterocycles. The summed E-state index contributed by atoms with van der Waals surface area (Å²) < 4.78 is 19.7. The van der Waals surface area contributed by atoms with Crippen molar-refractivity contribution in [2.75, 3.05) is 11.4 Å². The van der Waals surface area contributed by atoms with E-state index in [0.29, 0.717) is 24.3 Å². The lowest BCUT2D eigenvalue weighted by Crippen LogP contribution is -2.24. The molecule has 0 spiro atoms. The highest BCUT2D eigenvalue weighted by Gasteiger charge is 2.31. The zero-order valence-corrected chi connectivity index (χ0v) is 13.0. The highest BCUT2D eigenvalue weighted by Crippen LogP contribution is 2.29. The maximum absolute atomic E-state index is 14.5. The zero-order chi connectivity index (χ0) is 16.4. The molecule has 1 fully saturated rings. The van der Waals surface area contributed by atoms with Crippen LogP contribution in [0, 0.1) is 5.82 Å². The molecule has 1 amide bonds. The fourth-order valence-corrected chi connectivity index (χ4v) is 2.67. The fourth-order valence-electron chi connectivity index (χ4n) is 2.67. The summed E-state index contributed by atoms with van der Waals surface area (Å²) in [6, 6.07) is 12.3. The van der Waals surface area contributed by atoms with Crippen molar-refractivity contribution in [2.45, 2.75) is 26.0 Å². The van der Waals surface area contributed by atoms with Gasteiger partial charge in [0, 0.05) is 12.1 Å². The maximum atomic E-state index is 14.5. The van der Waals surface area contributed by atoms with E-state index in [0.717, 1.165) is 17.5 Å². The van der Waals surface area contributed by atoms with Crippen LogP contribution in [0.2, 0.25) is 0 Å².